The maximum atomic E-state index is 12.2. The Morgan fingerprint density at radius 2 is 1.90 bits per heavy atom. The van der Waals surface area contributed by atoms with E-state index in [0.29, 0.717) is 18.7 Å². The lowest BCUT2D eigenvalue weighted by atomic mass is 9.90. The number of benzene rings is 1. The number of thiocarbonyl (C=S) groups is 1. The number of rotatable bonds is 8. The van der Waals surface area contributed by atoms with E-state index in [9.17, 15) is 8.42 Å². The van der Waals surface area contributed by atoms with Gasteiger partial charge in [-0.15, -0.1) is 0 Å². The van der Waals surface area contributed by atoms with Gasteiger partial charge in [-0.25, -0.2) is 13.1 Å². The summed E-state index contributed by atoms with van der Waals surface area (Å²) in [6.07, 6.45) is 0.770. The van der Waals surface area contributed by atoms with E-state index in [0.717, 1.165) is 6.42 Å². The minimum Gasteiger partial charge on any atom is -0.389 e. The van der Waals surface area contributed by atoms with Crippen LogP contribution in [-0.4, -0.2) is 33.7 Å². The molecule has 0 radical (unpaired) electrons. The number of hydrogen-bond donors (Lipinski definition) is 2. The Bertz CT molecular complexity index is 581. The summed E-state index contributed by atoms with van der Waals surface area (Å²) in [7, 11) is -1.91. The Hall–Kier alpha value is -1.02. The van der Waals surface area contributed by atoms with E-state index in [-0.39, 0.29) is 15.3 Å². The predicted molar refractivity (Wildman–Crippen MR) is 87.8 cm³/mol. The van der Waals surface area contributed by atoms with Gasteiger partial charge in [0.1, 0.15) is 4.99 Å². The molecule has 0 heterocycles. The van der Waals surface area contributed by atoms with Crippen molar-refractivity contribution in [3.63, 3.8) is 0 Å². The van der Waals surface area contributed by atoms with Crippen molar-refractivity contribution in [3.8, 4) is 0 Å². The first-order valence-corrected chi connectivity index (χ1v) is 8.45. The molecule has 3 N–H and O–H groups in total. The topological polar surface area (TPSA) is 81.4 Å². The highest BCUT2D eigenvalue weighted by molar-refractivity contribution is 7.89. The number of methoxy groups -OCH3 is 1. The van der Waals surface area contributed by atoms with E-state index in [1.807, 2.05) is 13.8 Å². The first-order valence-electron chi connectivity index (χ1n) is 6.56. The highest BCUT2D eigenvalue weighted by Gasteiger charge is 2.22. The number of nitrogens with one attached hydrogen (secondary N) is 1. The molecule has 0 aliphatic rings. The highest BCUT2D eigenvalue weighted by atomic mass is 32.2. The Kier molecular flexibility index (Phi) is 6.27. The molecule has 0 bridgehead atoms. The van der Waals surface area contributed by atoms with E-state index in [2.05, 4.69) is 4.72 Å². The first kappa shape index (κ1) is 18.0. The lowest BCUT2D eigenvalue weighted by Gasteiger charge is -2.24. The largest absolute Gasteiger partial charge is 0.389 e. The zero-order chi connectivity index (χ0) is 16.1. The maximum absolute atomic E-state index is 12.2. The average molecular weight is 330 g/mol. The third-order valence-corrected chi connectivity index (χ3v) is 4.83. The lowest BCUT2D eigenvalue weighted by molar-refractivity contribution is 0.153. The Morgan fingerprint density at radius 1 is 1.33 bits per heavy atom. The van der Waals surface area contributed by atoms with Crippen LogP contribution in [0.4, 0.5) is 0 Å². The Morgan fingerprint density at radius 3 is 2.38 bits per heavy atom. The van der Waals surface area contributed by atoms with Crippen molar-refractivity contribution in [2.24, 2.45) is 11.1 Å². The summed E-state index contributed by atoms with van der Waals surface area (Å²) in [4.78, 5) is 0.442. The predicted octanol–water partition coefficient (Wildman–Crippen LogP) is 1.66. The monoisotopic (exact) mass is 330 g/mol. The first-order chi connectivity index (χ1) is 9.68. The number of hydrogen-bond acceptors (Lipinski definition) is 4. The van der Waals surface area contributed by atoms with Crippen molar-refractivity contribution in [1.29, 1.82) is 0 Å². The third-order valence-electron chi connectivity index (χ3n) is 3.17. The van der Waals surface area contributed by atoms with Crippen molar-refractivity contribution in [3.05, 3.63) is 29.8 Å². The molecule has 0 fully saturated rings. The molecular weight excluding hydrogens is 308 g/mol. The van der Waals surface area contributed by atoms with E-state index < -0.39 is 10.0 Å². The summed E-state index contributed by atoms with van der Waals surface area (Å²) in [5, 5.41) is 0. The number of sulfonamides is 1. The van der Waals surface area contributed by atoms with Gasteiger partial charge in [0.15, 0.2) is 0 Å². The third kappa shape index (κ3) is 5.70. The van der Waals surface area contributed by atoms with E-state index in [1.54, 1.807) is 19.2 Å². The summed E-state index contributed by atoms with van der Waals surface area (Å²) in [5.74, 6) is 0. The summed E-state index contributed by atoms with van der Waals surface area (Å²) in [5.41, 5.74) is 5.95. The molecular formula is C14H22N2O3S2. The number of ether oxygens (including phenoxy) is 1. The van der Waals surface area contributed by atoms with Crippen LogP contribution in [0, 0.1) is 5.41 Å². The molecule has 0 atom stereocenters. The van der Waals surface area contributed by atoms with Crippen LogP contribution in [0.2, 0.25) is 0 Å². The molecule has 21 heavy (non-hydrogen) atoms. The van der Waals surface area contributed by atoms with Gasteiger partial charge in [0.25, 0.3) is 0 Å². The smallest absolute Gasteiger partial charge is 0.240 e. The standard InChI is InChI=1S/C14H22N2O3S2/c1-14(2,8-9-19-3)10-16-21(17,18)12-6-4-11(5-7-12)13(15)20/h4-7,16H,8-10H2,1-3H3,(H2,15,20). The van der Waals surface area contributed by atoms with E-state index in [1.165, 1.54) is 12.1 Å². The van der Waals surface area contributed by atoms with E-state index >= 15 is 0 Å². The molecule has 1 rings (SSSR count). The van der Waals surface area contributed by atoms with Gasteiger partial charge in [0.05, 0.1) is 4.90 Å². The van der Waals surface area contributed by atoms with Crippen LogP contribution in [0.3, 0.4) is 0 Å². The van der Waals surface area contributed by atoms with Gasteiger partial charge in [0.2, 0.25) is 10.0 Å². The van der Waals surface area contributed by atoms with Crippen LogP contribution < -0.4 is 10.5 Å². The van der Waals surface area contributed by atoms with Crippen molar-refractivity contribution in [1.82, 2.24) is 4.72 Å². The minimum atomic E-state index is -3.54. The molecule has 0 saturated heterocycles. The van der Waals surface area contributed by atoms with E-state index in [4.69, 9.17) is 22.7 Å². The second-order valence-electron chi connectivity index (χ2n) is 5.62. The average Bonchev–Trinajstić information content (AvgIpc) is 2.43. The van der Waals surface area contributed by atoms with Gasteiger partial charge in [-0.1, -0.05) is 38.2 Å². The molecule has 1 aromatic carbocycles. The molecule has 0 aromatic heterocycles. The van der Waals surface area contributed by atoms with Gasteiger partial charge in [0, 0.05) is 25.8 Å². The molecule has 0 aliphatic carbocycles. The summed E-state index contributed by atoms with van der Waals surface area (Å²) in [6, 6.07) is 6.21. The quantitative estimate of drug-likeness (QED) is 0.709. The van der Waals surface area contributed by atoms with Crippen LogP contribution in [-0.2, 0) is 14.8 Å². The van der Waals surface area contributed by atoms with Crippen LogP contribution in [0.1, 0.15) is 25.8 Å². The SMILES string of the molecule is COCCC(C)(C)CNS(=O)(=O)c1ccc(C(N)=S)cc1. The van der Waals surface area contributed by atoms with Crippen LogP contribution in [0.15, 0.2) is 29.2 Å². The van der Waals surface area contributed by atoms with Crippen LogP contribution in [0.5, 0.6) is 0 Å². The second kappa shape index (κ2) is 7.31. The molecule has 5 nitrogen and oxygen atoms in total. The fourth-order valence-corrected chi connectivity index (χ4v) is 3.02. The maximum Gasteiger partial charge on any atom is 0.240 e. The molecule has 0 spiro atoms. The zero-order valence-corrected chi connectivity index (χ0v) is 14.2. The summed E-state index contributed by atoms with van der Waals surface area (Å²) >= 11 is 4.84. The fourth-order valence-electron chi connectivity index (χ4n) is 1.64. The lowest BCUT2D eigenvalue weighted by Crippen LogP contribution is -2.34. The minimum absolute atomic E-state index is 0.179. The second-order valence-corrected chi connectivity index (χ2v) is 7.83. The van der Waals surface area contributed by atoms with Crippen molar-refractivity contribution in [2.75, 3.05) is 20.3 Å². The summed E-state index contributed by atoms with van der Waals surface area (Å²) < 4.78 is 32.1. The molecule has 7 heteroatoms. The van der Waals surface area contributed by atoms with Crippen molar-refractivity contribution >= 4 is 27.2 Å². The molecule has 0 unspecified atom stereocenters. The molecule has 1 aromatic rings. The van der Waals surface area contributed by atoms with Gasteiger partial charge in [-0.2, -0.15) is 0 Å². The van der Waals surface area contributed by atoms with Gasteiger partial charge in [-0.3, -0.25) is 0 Å². The number of nitrogens with two attached hydrogens (primary N) is 1. The normalized spacial score (nSPS) is 12.3. The molecule has 0 amide bonds. The highest BCUT2D eigenvalue weighted by Crippen LogP contribution is 2.20. The molecule has 118 valence electrons. The van der Waals surface area contributed by atoms with Crippen LogP contribution in [0.25, 0.3) is 0 Å². The molecule has 0 aliphatic heterocycles. The van der Waals surface area contributed by atoms with Crippen molar-refractivity contribution in [2.45, 2.75) is 25.2 Å². The molecule has 0 saturated carbocycles. The van der Waals surface area contributed by atoms with Gasteiger partial charge < -0.3 is 10.5 Å². The van der Waals surface area contributed by atoms with Crippen LogP contribution >= 0.6 is 12.2 Å². The van der Waals surface area contributed by atoms with Gasteiger partial charge >= 0.3 is 0 Å². The van der Waals surface area contributed by atoms with Crippen molar-refractivity contribution < 1.29 is 13.2 Å². The zero-order valence-electron chi connectivity index (χ0n) is 12.5. The summed E-state index contributed by atoms with van der Waals surface area (Å²) in [6.45, 7) is 4.92. The van der Waals surface area contributed by atoms with Gasteiger partial charge in [-0.05, 0) is 24.0 Å². The Balaban J connectivity index is 2.75. The fraction of sp³-hybridized carbons (Fsp3) is 0.500. The Labute approximate surface area is 131 Å².